The van der Waals surface area contributed by atoms with Crippen molar-refractivity contribution in [2.24, 2.45) is 5.41 Å². The number of carbonyl (C=O) groups is 1. The molecule has 0 saturated heterocycles. The third-order valence-electron chi connectivity index (χ3n) is 4.63. The van der Waals surface area contributed by atoms with Gasteiger partial charge in [0.25, 0.3) is 0 Å². The Balaban J connectivity index is 2.22. The van der Waals surface area contributed by atoms with Crippen LogP contribution in [0.15, 0.2) is 40.7 Å². The first kappa shape index (κ1) is 17.1. The van der Waals surface area contributed by atoms with Crippen LogP contribution in [0.25, 0.3) is 0 Å². The largest absolute Gasteiger partial charge is 0.361 e. The second-order valence-electron chi connectivity index (χ2n) is 7.21. The molecule has 1 aromatic rings. The number of nitrogens with one attached hydrogen (secondary N) is 1. The first-order valence-electron chi connectivity index (χ1n) is 7.82. The van der Waals surface area contributed by atoms with Gasteiger partial charge in [-0.2, -0.15) is 5.26 Å². The Morgan fingerprint density at radius 2 is 2.00 bits per heavy atom. The van der Waals surface area contributed by atoms with Crippen LogP contribution in [0.4, 0.5) is 0 Å². The summed E-state index contributed by atoms with van der Waals surface area (Å²) in [6.07, 6.45) is 1.23. The lowest BCUT2D eigenvalue weighted by Gasteiger charge is -2.38. The molecule has 1 unspecified atom stereocenters. The van der Waals surface area contributed by atoms with E-state index in [0.717, 1.165) is 23.4 Å². The highest BCUT2D eigenvalue weighted by Crippen LogP contribution is 2.47. The molecule has 1 aliphatic carbocycles. The first-order chi connectivity index (χ1) is 11.2. The summed E-state index contributed by atoms with van der Waals surface area (Å²) < 4.78 is 0. The third-order valence-corrected chi connectivity index (χ3v) is 5.20. The molecule has 0 bridgehead atoms. The van der Waals surface area contributed by atoms with Crippen molar-refractivity contribution >= 4 is 29.0 Å². The van der Waals surface area contributed by atoms with Crippen LogP contribution in [0.5, 0.6) is 0 Å². The zero-order valence-electron chi connectivity index (χ0n) is 13.8. The molecular formula is C19H18Cl2N2O. The quantitative estimate of drug-likeness (QED) is 0.755. The lowest BCUT2D eigenvalue weighted by Crippen LogP contribution is -2.36. The van der Waals surface area contributed by atoms with E-state index in [1.54, 1.807) is 12.1 Å². The van der Waals surface area contributed by atoms with Crippen LogP contribution in [0.1, 0.15) is 45.1 Å². The van der Waals surface area contributed by atoms with E-state index in [-0.39, 0.29) is 11.2 Å². The minimum Gasteiger partial charge on any atom is -0.361 e. The van der Waals surface area contributed by atoms with Crippen molar-refractivity contribution in [3.63, 3.8) is 0 Å². The van der Waals surface area contributed by atoms with Gasteiger partial charge < -0.3 is 5.32 Å². The molecule has 1 atom stereocenters. The number of benzene rings is 1. The number of hydrogen-bond acceptors (Lipinski definition) is 3. The van der Waals surface area contributed by atoms with Crippen LogP contribution < -0.4 is 5.32 Å². The Bertz CT molecular complexity index is 843. The van der Waals surface area contributed by atoms with Crippen molar-refractivity contribution in [2.75, 3.05) is 0 Å². The number of allylic oxidation sites excluding steroid dienone is 4. The van der Waals surface area contributed by atoms with E-state index in [4.69, 9.17) is 23.2 Å². The molecule has 0 amide bonds. The molecule has 0 aromatic heterocycles. The molecular weight excluding hydrogens is 343 g/mol. The average Bonchev–Trinajstić information content (AvgIpc) is 2.44. The highest BCUT2D eigenvalue weighted by atomic mass is 35.5. The van der Waals surface area contributed by atoms with Crippen LogP contribution in [-0.2, 0) is 4.79 Å². The summed E-state index contributed by atoms with van der Waals surface area (Å²) in [7, 11) is 0. The fraction of sp³-hybridized carbons (Fsp3) is 0.368. The Kier molecular flexibility index (Phi) is 4.23. The molecule has 0 radical (unpaired) electrons. The summed E-state index contributed by atoms with van der Waals surface area (Å²) in [6, 6.07) is 7.46. The Morgan fingerprint density at radius 3 is 2.62 bits per heavy atom. The molecule has 124 valence electrons. The van der Waals surface area contributed by atoms with E-state index in [0.29, 0.717) is 27.6 Å². The molecule has 0 spiro atoms. The van der Waals surface area contributed by atoms with Gasteiger partial charge >= 0.3 is 0 Å². The van der Waals surface area contributed by atoms with E-state index in [1.807, 2.05) is 13.0 Å². The summed E-state index contributed by atoms with van der Waals surface area (Å²) in [4.78, 5) is 12.9. The van der Waals surface area contributed by atoms with Gasteiger partial charge in [-0.15, -0.1) is 0 Å². The number of nitriles is 1. The van der Waals surface area contributed by atoms with Crippen LogP contribution >= 0.6 is 23.2 Å². The maximum Gasteiger partial charge on any atom is 0.162 e. The molecule has 2 aliphatic rings. The van der Waals surface area contributed by atoms with Crippen molar-refractivity contribution in [1.82, 2.24) is 5.32 Å². The lowest BCUT2D eigenvalue weighted by molar-refractivity contribution is -0.118. The van der Waals surface area contributed by atoms with E-state index < -0.39 is 5.92 Å². The SMILES string of the molecule is CC1=C(C#N)C(c2ccc(Cl)cc2Cl)C2=C(CC(C)(C)CC2=O)N1. The Morgan fingerprint density at radius 1 is 1.29 bits per heavy atom. The maximum atomic E-state index is 12.9. The topological polar surface area (TPSA) is 52.9 Å². The molecule has 0 saturated carbocycles. The first-order valence-corrected chi connectivity index (χ1v) is 8.58. The van der Waals surface area contributed by atoms with Gasteiger partial charge in [0, 0.05) is 33.4 Å². The van der Waals surface area contributed by atoms with Crippen molar-refractivity contribution in [3.05, 3.63) is 56.3 Å². The minimum absolute atomic E-state index is 0.0741. The third kappa shape index (κ3) is 2.85. The van der Waals surface area contributed by atoms with Gasteiger partial charge in [-0.25, -0.2) is 0 Å². The van der Waals surface area contributed by atoms with Gasteiger partial charge in [-0.3, -0.25) is 4.79 Å². The minimum atomic E-state index is -0.431. The Labute approximate surface area is 151 Å². The van der Waals surface area contributed by atoms with Gasteiger partial charge in [0.15, 0.2) is 5.78 Å². The second kappa shape index (κ2) is 5.95. The zero-order chi connectivity index (χ0) is 17.6. The lowest BCUT2D eigenvalue weighted by atomic mass is 9.69. The van der Waals surface area contributed by atoms with Gasteiger partial charge in [0.1, 0.15) is 0 Å². The zero-order valence-corrected chi connectivity index (χ0v) is 15.3. The number of rotatable bonds is 1. The maximum absolute atomic E-state index is 12.9. The summed E-state index contributed by atoms with van der Waals surface area (Å²) in [5, 5.41) is 14.0. The van der Waals surface area contributed by atoms with E-state index in [2.05, 4.69) is 25.2 Å². The fourth-order valence-corrected chi connectivity index (χ4v) is 4.15. The fourth-order valence-electron chi connectivity index (χ4n) is 3.63. The number of Topliss-reactive ketones (excluding diaryl/α,β-unsaturated/α-hetero) is 1. The van der Waals surface area contributed by atoms with Gasteiger partial charge in [0.05, 0.1) is 17.6 Å². The standard InChI is InChI=1S/C19H18Cl2N2O/c1-10-13(9-22)17(12-5-4-11(20)6-14(12)21)18-15(23-10)7-19(2,3)8-16(18)24/h4-6,17,23H,7-8H2,1-3H3. The van der Waals surface area contributed by atoms with E-state index >= 15 is 0 Å². The molecule has 1 aliphatic heterocycles. The van der Waals surface area contributed by atoms with Crippen LogP contribution in [0.3, 0.4) is 0 Å². The average molecular weight is 361 g/mol. The summed E-state index contributed by atoms with van der Waals surface area (Å²) >= 11 is 12.4. The molecule has 1 heterocycles. The Hall–Kier alpha value is -1.76. The van der Waals surface area contributed by atoms with Crippen molar-refractivity contribution in [2.45, 2.75) is 39.5 Å². The molecule has 24 heavy (non-hydrogen) atoms. The number of hydrogen-bond donors (Lipinski definition) is 1. The monoisotopic (exact) mass is 360 g/mol. The van der Waals surface area contributed by atoms with Crippen LogP contribution in [-0.4, -0.2) is 5.78 Å². The number of dihydropyridines is 1. The predicted octanol–water partition coefficient (Wildman–Crippen LogP) is 5.12. The second-order valence-corrected chi connectivity index (χ2v) is 8.05. The van der Waals surface area contributed by atoms with Crippen molar-refractivity contribution in [1.29, 1.82) is 5.26 Å². The number of halogens is 2. The van der Waals surface area contributed by atoms with Crippen molar-refractivity contribution in [3.8, 4) is 6.07 Å². The molecule has 1 aromatic carbocycles. The molecule has 0 fully saturated rings. The highest BCUT2D eigenvalue weighted by Gasteiger charge is 2.41. The molecule has 3 nitrogen and oxygen atoms in total. The summed E-state index contributed by atoms with van der Waals surface area (Å²) in [5.41, 5.74) is 3.54. The predicted molar refractivity (Wildman–Crippen MR) is 95.7 cm³/mol. The molecule has 1 N–H and O–H groups in total. The smallest absolute Gasteiger partial charge is 0.162 e. The summed E-state index contributed by atoms with van der Waals surface area (Å²) in [6.45, 7) is 6.03. The molecule has 5 heteroatoms. The van der Waals surface area contributed by atoms with E-state index in [1.165, 1.54) is 0 Å². The van der Waals surface area contributed by atoms with Gasteiger partial charge in [-0.05, 0) is 36.5 Å². The van der Waals surface area contributed by atoms with E-state index in [9.17, 15) is 10.1 Å². The normalized spacial score (nSPS) is 22.8. The van der Waals surface area contributed by atoms with Gasteiger partial charge in [-0.1, -0.05) is 43.1 Å². The number of nitrogens with zero attached hydrogens (tertiary/aromatic N) is 1. The van der Waals surface area contributed by atoms with Crippen LogP contribution in [0.2, 0.25) is 10.0 Å². The van der Waals surface area contributed by atoms with Crippen molar-refractivity contribution < 1.29 is 4.79 Å². The number of ketones is 1. The summed E-state index contributed by atoms with van der Waals surface area (Å²) in [5.74, 6) is -0.357. The van der Waals surface area contributed by atoms with Crippen LogP contribution in [0, 0.1) is 16.7 Å². The molecule has 3 rings (SSSR count). The highest BCUT2D eigenvalue weighted by molar-refractivity contribution is 6.35. The van der Waals surface area contributed by atoms with Gasteiger partial charge in [0.2, 0.25) is 0 Å². The number of carbonyl (C=O) groups excluding carboxylic acids is 1.